The summed E-state index contributed by atoms with van der Waals surface area (Å²) in [5, 5.41) is 4.10. The molecule has 0 aliphatic heterocycles. The van der Waals surface area contributed by atoms with Gasteiger partial charge in [-0.05, 0) is 30.6 Å². The molecule has 1 aromatic heterocycles. The lowest BCUT2D eigenvalue weighted by atomic mass is 9.88. The average Bonchev–Trinajstić information content (AvgIpc) is 2.78. The first kappa shape index (κ1) is 16.1. The smallest absolute Gasteiger partial charge is 0.276 e. The molecule has 0 spiro atoms. The molecular formula is C17H28N2O2. The van der Waals surface area contributed by atoms with Gasteiger partial charge in [0.2, 0.25) is 0 Å². The highest BCUT2D eigenvalue weighted by molar-refractivity contribution is 5.94. The van der Waals surface area contributed by atoms with E-state index < -0.39 is 0 Å². The van der Waals surface area contributed by atoms with Crippen molar-refractivity contribution in [2.24, 2.45) is 17.8 Å². The fourth-order valence-corrected chi connectivity index (χ4v) is 3.02. The molecule has 2 rings (SSSR count). The van der Waals surface area contributed by atoms with E-state index in [-0.39, 0.29) is 5.91 Å². The van der Waals surface area contributed by atoms with Crippen LogP contribution in [0.3, 0.4) is 0 Å². The van der Waals surface area contributed by atoms with Gasteiger partial charge in [0.05, 0.1) is 0 Å². The summed E-state index contributed by atoms with van der Waals surface area (Å²) in [6.07, 6.45) is 2.94. The Hall–Kier alpha value is -1.32. The number of aryl methyl sites for hydroxylation is 1. The first-order valence-corrected chi connectivity index (χ1v) is 8.15. The fraction of sp³-hybridized carbons (Fsp3) is 0.765. The Morgan fingerprint density at radius 1 is 1.29 bits per heavy atom. The maximum atomic E-state index is 12.9. The average molecular weight is 292 g/mol. The standard InChI is InChI=1S/C17H28N2O2/c1-11(2)9-19(10-12(3)4)17(20)16-14-8-13(5)6-7-15(14)21-18-16/h11-13H,6-10H2,1-5H3/t13-/m0/s1. The normalized spacial score (nSPS) is 18.1. The summed E-state index contributed by atoms with van der Waals surface area (Å²) in [6, 6.07) is 0. The summed E-state index contributed by atoms with van der Waals surface area (Å²) in [5.74, 6) is 2.47. The lowest BCUT2D eigenvalue weighted by Gasteiger charge is -2.26. The molecule has 0 saturated heterocycles. The number of amides is 1. The van der Waals surface area contributed by atoms with Crippen molar-refractivity contribution in [2.75, 3.05) is 13.1 Å². The molecule has 0 unspecified atom stereocenters. The van der Waals surface area contributed by atoms with Gasteiger partial charge in [0, 0.05) is 25.1 Å². The topological polar surface area (TPSA) is 46.3 Å². The minimum absolute atomic E-state index is 0.0384. The Balaban J connectivity index is 2.22. The predicted molar refractivity (Wildman–Crippen MR) is 83.3 cm³/mol. The second-order valence-electron chi connectivity index (χ2n) is 7.28. The van der Waals surface area contributed by atoms with E-state index in [0.29, 0.717) is 23.4 Å². The molecular weight excluding hydrogens is 264 g/mol. The molecule has 0 radical (unpaired) electrons. The van der Waals surface area contributed by atoms with Gasteiger partial charge in [0.15, 0.2) is 5.69 Å². The van der Waals surface area contributed by atoms with Crippen molar-refractivity contribution in [1.29, 1.82) is 0 Å². The minimum atomic E-state index is 0.0384. The van der Waals surface area contributed by atoms with Crippen LogP contribution in [0.15, 0.2) is 4.52 Å². The van der Waals surface area contributed by atoms with E-state index >= 15 is 0 Å². The Labute approximate surface area is 127 Å². The monoisotopic (exact) mass is 292 g/mol. The van der Waals surface area contributed by atoms with Crippen molar-refractivity contribution in [3.05, 3.63) is 17.0 Å². The molecule has 1 aromatic rings. The molecule has 1 heterocycles. The number of rotatable bonds is 5. The van der Waals surface area contributed by atoms with Gasteiger partial charge in [-0.25, -0.2) is 0 Å². The van der Waals surface area contributed by atoms with Gasteiger partial charge in [-0.1, -0.05) is 39.8 Å². The van der Waals surface area contributed by atoms with Gasteiger partial charge in [-0.2, -0.15) is 0 Å². The Bertz CT molecular complexity index is 481. The zero-order valence-corrected chi connectivity index (χ0v) is 14.0. The molecule has 1 aliphatic carbocycles. The van der Waals surface area contributed by atoms with Crippen molar-refractivity contribution in [2.45, 2.75) is 53.9 Å². The first-order chi connectivity index (χ1) is 9.88. The number of hydrogen-bond donors (Lipinski definition) is 0. The maximum absolute atomic E-state index is 12.9. The van der Waals surface area contributed by atoms with E-state index in [1.807, 2.05) is 4.90 Å². The van der Waals surface area contributed by atoms with Crippen LogP contribution in [0.4, 0.5) is 0 Å². The van der Waals surface area contributed by atoms with Crippen LogP contribution in [0.2, 0.25) is 0 Å². The van der Waals surface area contributed by atoms with Crippen molar-refractivity contribution < 1.29 is 9.32 Å². The predicted octanol–water partition coefficient (Wildman–Crippen LogP) is 3.55. The quantitative estimate of drug-likeness (QED) is 0.833. The van der Waals surface area contributed by atoms with Crippen LogP contribution in [-0.4, -0.2) is 29.1 Å². The SMILES string of the molecule is CC(C)CN(CC(C)C)C(=O)c1noc2c1C[C@@H](C)CC2. The highest BCUT2D eigenvalue weighted by Crippen LogP contribution is 2.28. The molecule has 0 bridgehead atoms. The molecule has 0 aromatic carbocycles. The molecule has 4 heteroatoms. The number of aromatic nitrogens is 1. The van der Waals surface area contributed by atoms with Crippen molar-refractivity contribution >= 4 is 5.91 Å². The van der Waals surface area contributed by atoms with Gasteiger partial charge in [-0.15, -0.1) is 0 Å². The molecule has 0 saturated carbocycles. The summed E-state index contributed by atoms with van der Waals surface area (Å²) in [5.41, 5.74) is 1.61. The molecule has 0 N–H and O–H groups in total. The second-order valence-corrected chi connectivity index (χ2v) is 7.28. The number of hydrogen-bond acceptors (Lipinski definition) is 3. The van der Waals surface area contributed by atoms with E-state index in [4.69, 9.17) is 4.52 Å². The van der Waals surface area contributed by atoms with E-state index in [1.165, 1.54) is 0 Å². The third kappa shape index (κ3) is 3.86. The van der Waals surface area contributed by atoms with Crippen molar-refractivity contribution in [3.8, 4) is 0 Å². The van der Waals surface area contributed by atoms with Gasteiger partial charge < -0.3 is 9.42 Å². The summed E-state index contributed by atoms with van der Waals surface area (Å²) in [6.45, 7) is 12.3. The van der Waals surface area contributed by atoms with Crippen LogP contribution < -0.4 is 0 Å². The molecule has 1 amide bonds. The molecule has 1 atom stereocenters. The van der Waals surface area contributed by atoms with Gasteiger partial charge >= 0.3 is 0 Å². The third-order valence-corrected chi connectivity index (χ3v) is 3.95. The van der Waals surface area contributed by atoms with Crippen molar-refractivity contribution in [1.82, 2.24) is 10.1 Å². The Morgan fingerprint density at radius 2 is 1.90 bits per heavy atom. The van der Waals surface area contributed by atoms with E-state index in [1.54, 1.807) is 0 Å². The van der Waals surface area contributed by atoms with Crippen LogP contribution in [0.25, 0.3) is 0 Å². The molecule has 21 heavy (non-hydrogen) atoms. The van der Waals surface area contributed by atoms with Crippen LogP contribution >= 0.6 is 0 Å². The first-order valence-electron chi connectivity index (χ1n) is 8.15. The van der Waals surface area contributed by atoms with Crippen LogP contribution in [0.5, 0.6) is 0 Å². The van der Waals surface area contributed by atoms with Crippen molar-refractivity contribution in [3.63, 3.8) is 0 Å². The number of carbonyl (C=O) groups is 1. The van der Waals surface area contributed by atoms with Gasteiger partial charge in [0.25, 0.3) is 5.91 Å². The Morgan fingerprint density at radius 3 is 2.48 bits per heavy atom. The highest BCUT2D eigenvalue weighted by atomic mass is 16.5. The number of carbonyl (C=O) groups excluding carboxylic acids is 1. The highest BCUT2D eigenvalue weighted by Gasteiger charge is 2.29. The Kier molecular flexibility index (Phi) is 5.07. The van der Waals surface area contributed by atoms with Crippen LogP contribution in [0.1, 0.15) is 62.9 Å². The van der Waals surface area contributed by atoms with E-state index in [9.17, 15) is 4.79 Å². The molecule has 4 nitrogen and oxygen atoms in total. The number of nitrogens with zero attached hydrogens (tertiary/aromatic N) is 2. The van der Waals surface area contributed by atoms with E-state index in [0.717, 1.165) is 43.7 Å². The summed E-state index contributed by atoms with van der Waals surface area (Å²) in [4.78, 5) is 14.8. The zero-order valence-electron chi connectivity index (χ0n) is 14.0. The van der Waals surface area contributed by atoms with Crippen LogP contribution in [0, 0.1) is 17.8 Å². The zero-order chi connectivity index (χ0) is 15.6. The minimum Gasteiger partial charge on any atom is -0.360 e. The largest absolute Gasteiger partial charge is 0.360 e. The lowest BCUT2D eigenvalue weighted by molar-refractivity contribution is 0.0703. The maximum Gasteiger partial charge on any atom is 0.276 e. The van der Waals surface area contributed by atoms with Crippen LogP contribution in [-0.2, 0) is 12.8 Å². The molecule has 118 valence electrons. The fourth-order valence-electron chi connectivity index (χ4n) is 3.02. The molecule has 0 fully saturated rings. The van der Waals surface area contributed by atoms with Gasteiger partial charge in [-0.3, -0.25) is 4.79 Å². The summed E-state index contributed by atoms with van der Waals surface area (Å²) >= 11 is 0. The second kappa shape index (κ2) is 6.63. The van der Waals surface area contributed by atoms with Gasteiger partial charge in [0.1, 0.15) is 5.76 Å². The third-order valence-electron chi connectivity index (χ3n) is 3.95. The van der Waals surface area contributed by atoms with E-state index in [2.05, 4.69) is 39.8 Å². The summed E-state index contributed by atoms with van der Waals surface area (Å²) in [7, 11) is 0. The summed E-state index contributed by atoms with van der Waals surface area (Å²) < 4.78 is 5.42. The molecule has 1 aliphatic rings. The number of fused-ring (bicyclic) bond motifs is 1. The lowest BCUT2D eigenvalue weighted by Crippen LogP contribution is -2.37.